The number of hydrogen-bond donors (Lipinski definition) is 1. The van der Waals surface area contributed by atoms with Gasteiger partial charge in [0.1, 0.15) is 0 Å². The Balaban J connectivity index is 1.71. The molecule has 0 amide bonds. The van der Waals surface area contributed by atoms with Crippen molar-refractivity contribution >= 4 is 0 Å². The van der Waals surface area contributed by atoms with Crippen LogP contribution in [0.2, 0.25) is 0 Å². The molecule has 0 bridgehead atoms. The molecule has 1 atom stereocenters. The average molecular weight is 254 g/mol. The van der Waals surface area contributed by atoms with Gasteiger partial charge < -0.3 is 15.0 Å². The molecule has 3 heteroatoms. The summed E-state index contributed by atoms with van der Waals surface area (Å²) in [6.07, 6.45) is 6.25. The van der Waals surface area contributed by atoms with E-state index in [1.807, 2.05) is 0 Å². The molecule has 1 N–H and O–H groups in total. The summed E-state index contributed by atoms with van der Waals surface area (Å²) in [7, 11) is 0. The summed E-state index contributed by atoms with van der Waals surface area (Å²) in [4.78, 5) is 2.60. The van der Waals surface area contributed by atoms with E-state index in [2.05, 4.69) is 31.0 Å². The first-order valence-corrected chi connectivity index (χ1v) is 7.71. The van der Waals surface area contributed by atoms with Crippen molar-refractivity contribution in [2.24, 2.45) is 0 Å². The second kappa shape index (κ2) is 6.36. The molecular formula is C15H30N2O. The Morgan fingerprint density at radius 3 is 2.50 bits per heavy atom. The summed E-state index contributed by atoms with van der Waals surface area (Å²) >= 11 is 0. The fourth-order valence-corrected chi connectivity index (χ4v) is 3.35. The van der Waals surface area contributed by atoms with Crippen LogP contribution in [0.4, 0.5) is 0 Å². The van der Waals surface area contributed by atoms with Gasteiger partial charge in [-0.1, -0.05) is 6.92 Å². The number of nitrogens with one attached hydrogen (secondary N) is 1. The highest BCUT2D eigenvalue weighted by Gasteiger charge is 2.30. The predicted molar refractivity (Wildman–Crippen MR) is 75.9 cm³/mol. The van der Waals surface area contributed by atoms with Gasteiger partial charge in [-0.15, -0.1) is 0 Å². The van der Waals surface area contributed by atoms with Gasteiger partial charge >= 0.3 is 0 Å². The lowest BCUT2D eigenvalue weighted by molar-refractivity contribution is -0.0649. The van der Waals surface area contributed by atoms with Gasteiger partial charge in [-0.2, -0.15) is 0 Å². The Morgan fingerprint density at radius 1 is 1.17 bits per heavy atom. The van der Waals surface area contributed by atoms with Gasteiger partial charge in [-0.05, 0) is 65.6 Å². The molecule has 0 aromatic heterocycles. The van der Waals surface area contributed by atoms with Crippen LogP contribution in [0, 0.1) is 0 Å². The van der Waals surface area contributed by atoms with Crippen LogP contribution in [0.25, 0.3) is 0 Å². The maximum atomic E-state index is 5.79. The molecule has 2 aliphatic heterocycles. The molecule has 2 fully saturated rings. The Hall–Kier alpha value is -0.120. The van der Waals surface area contributed by atoms with Gasteiger partial charge in [-0.3, -0.25) is 0 Å². The maximum absolute atomic E-state index is 5.79. The first kappa shape index (κ1) is 14.3. The summed E-state index contributed by atoms with van der Waals surface area (Å²) in [6.45, 7) is 11.4. The minimum absolute atomic E-state index is 0.0683. The molecule has 0 aliphatic carbocycles. The molecule has 0 aromatic rings. The topological polar surface area (TPSA) is 24.5 Å². The van der Waals surface area contributed by atoms with E-state index in [4.69, 9.17) is 4.74 Å². The van der Waals surface area contributed by atoms with E-state index < -0.39 is 0 Å². The molecule has 0 aromatic carbocycles. The summed E-state index contributed by atoms with van der Waals surface area (Å²) in [6, 6.07) is 1.40. The zero-order valence-electron chi connectivity index (χ0n) is 12.4. The first-order valence-electron chi connectivity index (χ1n) is 7.71. The third-order valence-electron chi connectivity index (χ3n) is 4.30. The maximum Gasteiger partial charge on any atom is 0.0641 e. The van der Waals surface area contributed by atoms with Gasteiger partial charge in [0.2, 0.25) is 0 Å². The molecule has 0 saturated carbocycles. The van der Waals surface area contributed by atoms with Gasteiger partial charge in [0.25, 0.3) is 0 Å². The molecule has 2 heterocycles. The number of nitrogens with zero attached hydrogens (tertiary/aromatic N) is 1. The first-order chi connectivity index (χ1) is 8.59. The minimum Gasteiger partial charge on any atom is -0.375 e. The molecule has 0 spiro atoms. The average Bonchev–Trinajstić information content (AvgIpc) is 2.31. The van der Waals surface area contributed by atoms with Crippen LogP contribution in [0.3, 0.4) is 0 Å². The third kappa shape index (κ3) is 4.22. The predicted octanol–water partition coefficient (Wildman–Crippen LogP) is 2.41. The van der Waals surface area contributed by atoms with Gasteiger partial charge in [0.15, 0.2) is 0 Å². The number of piperidine rings is 1. The van der Waals surface area contributed by atoms with E-state index in [1.165, 1.54) is 45.3 Å². The smallest absolute Gasteiger partial charge is 0.0641 e. The zero-order valence-corrected chi connectivity index (χ0v) is 12.4. The van der Waals surface area contributed by atoms with Gasteiger partial charge in [0.05, 0.1) is 5.60 Å². The molecule has 18 heavy (non-hydrogen) atoms. The van der Waals surface area contributed by atoms with Gasteiger partial charge in [0, 0.05) is 18.7 Å². The third-order valence-corrected chi connectivity index (χ3v) is 4.30. The lowest BCUT2D eigenvalue weighted by atomic mass is 9.92. The molecular weight excluding hydrogens is 224 g/mol. The lowest BCUT2D eigenvalue weighted by Crippen LogP contribution is -2.50. The van der Waals surface area contributed by atoms with Crippen molar-refractivity contribution in [3.05, 3.63) is 0 Å². The van der Waals surface area contributed by atoms with E-state index in [0.717, 1.165) is 19.1 Å². The molecule has 2 aliphatic rings. The summed E-state index contributed by atoms with van der Waals surface area (Å²) < 4.78 is 5.79. The van der Waals surface area contributed by atoms with Crippen LogP contribution < -0.4 is 5.32 Å². The normalized spacial score (nSPS) is 30.5. The largest absolute Gasteiger partial charge is 0.375 e. The minimum atomic E-state index is 0.0683. The molecule has 2 saturated heterocycles. The highest BCUT2D eigenvalue weighted by molar-refractivity contribution is 4.87. The van der Waals surface area contributed by atoms with E-state index >= 15 is 0 Å². The Bertz CT molecular complexity index is 247. The fourth-order valence-electron chi connectivity index (χ4n) is 3.35. The molecule has 1 unspecified atom stereocenters. The lowest BCUT2D eigenvalue weighted by Gasteiger charge is -2.39. The zero-order chi connectivity index (χ0) is 13.0. The van der Waals surface area contributed by atoms with E-state index in [9.17, 15) is 0 Å². The van der Waals surface area contributed by atoms with Crippen LogP contribution in [-0.4, -0.2) is 48.8 Å². The van der Waals surface area contributed by atoms with Crippen LogP contribution in [-0.2, 0) is 4.74 Å². The van der Waals surface area contributed by atoms with Gasteiger partial charge in [-0.25, -0.2) is 0 Å². The van der Waals surface area contributed by atoms with Crippen LogP contribution in [0.5, 0.6) is 0 Å². The second-order valence-electron chi connectivity index (χ2n) is 6.58. The fraction of sp³-hybridized carbons (Fsp3) is 1.00. The SMILES string of the molecule is CCCN1CCC(NC2CCOC(C)(C)C2)CC1. The van der Waals surface area contributed by atoms with Crippen molar-refractivity contribution < 1.29 is 4.74 Å². The van der Waals surface area contributed by atoms with E-state index in [0.29, 0.717) is 6.04 Å². The summed E-state index contributed by atoms with van der Waals surface area (Å²) in [5.74, 6) is 0. The van der Waals surface area contributed by atoms with Crippen molar-refractivity contribution in [1.29, 1.82) is 0 Å². The molecule has 2 rings (SSSR count). The van der Waals surface area contributed by atoms with Crippen molar-refractivity contribution in [3.8, 4) is 0 Å². The Morgan fingerprint density at radius 2 is 1.89 bits per heavy atom. The Kier molecular flexibility index (Phi) is 5.05. The quantitative estimate of drug-likeness (QED) is 0.834. The molecule has 3 nitrogen and oxygen atoms in total. The number of rotatable bonds is 4. The van der Waals surface area contributed by atoms with Crippen LogP contribution in [0.1, 0.15) is 52.9 Å². The van der Waals surface area contributed by atoms with Crippen molar-refractivity contribution in [3.63, 3.8) is 0 Å². The Labute approximate surface area is 112 Å². The van der Waals surface area contributed by atoms with Crippen molar-refractivity contribution in [1.82, 2.24) is 10.2 Å². The standard InChI is InChI=1S/C15H30N2O/c1-4-8-17-9-5-13(6-10-17)16-14-7-11-18-15(2,3)12-14/h13-14,16H,4-12H2,1-3H3. The monoisotopic (exact) mass is 254 g/mol. The van der Waals surface area contributed by atoms with E-state index in [1.54, 1.807) is 0 Å². The number of likely N-dealkylation sites (tertiary alicyclic amines) is 1. The summed E-state index contributed by atoms with van der Waals surface area (Å²) in [5, 5.41) is 3.87. The molecule has 0 radical (unpaired) electrons. The second-order valence-corrected chi connectivity index (χ2v) is 6.58. The van der Waals surface area contributed by atoms with Crippen LogP contribution >= 0.6 is 0 Å². The van der Waals surface area contributed by atoms with Crippen LogP contribution in [0.15, 0.2) is 0 Å². The van der Waals surface area contributed by atoms with Crippen molar-refractivity contribution in [2.75, 3.05) is 26.2 Å². The number of ether oxygens (including phenoxy) is 1. The highest BCUT2D eigenvalue weighted by atomic mass is 16.5. The number of hydrogen-bond acceptors (Lipinski definition) is 3. The summed E-state index contributed by atoms with van der Waals surface area (Å²) in [5.41, 5.74) is 0.0683. The highest BCUT2D eigenvalue weighted by Crippen LogP contribution is 2.25. The van der Waals surface area contributed by atoms with E-state index in [-0.39, 0.29) is 5.60 Å². The molecule has 106 valence electrons. The van der Waals surface area contributed by atoms with Crippen molar-refractivity contribution in [2.45, 2.75) is 70.6 Å².